The smallest absolute Gasteiger partial charge is 0.266 e. The topological polar surface area (TPSA) is 169 Å². The van der Waals surface area contributed by atoms with Gasteiger partial charge in [-0.1, -0.05) is 28.6 Å². The van der Waals surface area contributed by atoms with Crippen LogP contribution in [0.5, 0.6) is 5.95 Å². The minimum absolute atomic E-state index is 0.0270. The molecule has 1 amide bonds. The Bertz CT molecular complexity index is 1280. The van der Waals surface area contributed by atoms with Gasteiger partial charge in [-0.15, -0.1) is 0 Å². The molecule has 1 atom stereocenters. The minimum Gasteiger partial charge on any atom is -0.539 e. The van der Waals surface area contributed by atoms with Gasteiger partial charge in [0.1, 0.15) is 28.5 Å². The van der Waals surface area contributed by atoms with Crippen molar-refractivity contribution in [1.29, 1.82) is 10.5 Å². The van der Waals surface area contributed by atoms with E-state index >= 15 is 0 Å². The molecule has 0 saturated heterocycles. The third-order valence-electron chi connectivity index (χ3n) is 4.72. The van der Waals surface area contributed by atoms with E-state index in [0.717, 1.165) is 27.6 Å². The second-order valence-electron chi connectivity index (χ2n) is 7.05. The lowest BCUT2D eigenvalue weighted by atomic mass is 10.0. The Morgan fingerprint density at radius 1 is 1.31 bits per heavy atom. The van der Waals surface area contributed by atoms with Crippen molar-refractivity contribution in [3.05, 3.63) is 40.5 Å². The number of carbonyl (C=O) groups is 1. The molecule has 0 radical (unpaired) electrons. The monoisotopic (exact) mass is 449 g/mol. The predicted molar refractivity (Wildman–Crippen MR) is 114 cm³/mol. The minimum atomic E-state index is -0.831. The van der Waals surface area contributed by atoms with Crippen LogP contribution in [0.15, 0.2) is 27.7 Å². The van der Waals surface area contributed by atoms with E-state index in [9.17, 15) is 20.4 Å². The Kier molecular flexibility index (Phi) is 6.32. The number of rotatable bonds is 5. The maximum atomic E-state index is 12.8. The molecule has 1 unspecified atom stereocenters. The molecule has 3 aromatic rings. The number of nitrogens with two attached hydrogens (primary N) is 1. The number of aromatic nitrogens is 3. The van der Waals surface area contributed by atoms with Crippen LogP contribution < -0.4 is 20.8 Å². The highest BCUT2D eigenvalue weighted by molar-refractivity contribution is 8.00. The molecule has 1 aromatic carbocycles. The number of hydrogen-bond acceptors (Lipinski definition) is 9. The Morgan fingerprint density at radius 3 is 2.59 bits per heavy atom. The number of anilines is 2. The molecule has 0 saturated carbocycles. The number of thioether (sulfide) groups is 1. The summed E-state index contributed by atoms with van der Waals surface area (Å²) in [7, 11) is 1.44. The van der Waals surface area contributed by atoms with E-state index in [2.05, 4.69) is 20.1 Å². The van der Waals surface area contributed by atoms with Crippen LogP contribution in [0, 0.1) is 36.5 Å². The number of aryl methyl sites for hydroxylation is 3. The van der Waals surface area contributed by atoms with E-state index in [1.165, 1.54) is 7.05 Å². The second kappa shape index (κ2) is 8.96. The lowest BCUT2D eigenvalue weighted by Gasteiger charge is -2.16. The Balaban J connectivity index is 2.02. The van der Waals surface area contributed by atoms with Crippen molar-refractivity contribution in [3.63, 3.8) is 0 Å². The zero-order valence-corrected chi connectivity index (χ0v) is 18.6. The molecule has 0 aliphatic rings. The molecule has 11 heteroatoms. The molecule has 3 rings (SSSR count). The van der Waals surface area contributed by atoms with Gasteiger partial charge in [-0.3, -0.25) is 4.79 Å². The van der Waals surface area contributed by atoms with Crippen molar-refractivity contribution in [3.8, 4) is 29.3 Å². The van der Waals surface area contributed by atoms with E-state index in [-0.39, 0.29) is 39.1 Å². The largest absolute Gasteiger partial charge is 0.539 e. The molecule has 10 nitrogen and oxygen atoms in total. The third kappa shape index (κ3) is 4.19. The van der Waals surface area contributed by atoms with Gasteiger partial charge in [0.25, 0.3) is 5.69 Å². The summed E-state index contributed by atoms with van der Waals surface area (Å²) in [4.78, 5) is 17.0. The van der Waals surface area contributed by atoms with Crippen LogP contribution in [-0.2, 0) is 11.8 Å². The van der Waals surface area contributed by atoms with Crippen molar-refractivity contribution in [2.45, 2.75) is 31.0 Å². The van der Waals surface area contributed by atoms with Gasteiger partial charge in [0.2, 0.25) is 5.91 Å². The lowest BCUT2D eigenvalue weighted by Crippen LogP contribution is -2.32. The van der Waals surface area contributed by atoms with Gasteiger partial charge in [-0.05, 0) is 38.0 Å². The number of carbonyl (C=O) groups excluding carboxylic acids is 1. The first-order valence-corrected chi connectivity index (χ1v) is 10.3. The summed E-state index contributed by atoms with van der Waals surface area (Å²) in [5, 5.41) is 37.4. The molecule has 0 bridgehead atoms. The fraction of sp³-hybridized carbons (Fsp3) is 0.238. The second-order valence-corrected chi connectivity index (χ2v) is 8.38. The van der Waals surface area contributed by atoms with Crippen LogP contribution >= 0.6 is 11.8 Å². The summed E-state index contributed by atoms with van der Waals surface area (Å²) < 4.78 is 5.76. The van der Waals surface area contributed by atoms with Crippen molar-refractivity contribution < 1.29 is 19.1 Å². The molecule has 2 aromatic heterocycles. The summed E-state index contributed by atoms with van der Waals surface area (Å²) in [6, 6.07) is 9.57. The zero-order valence-electron chi connectivity index (χ0n) is 17.8. The van der Waals surface area contributed by atoms with E-state index in [4.69, 9.17) is 5.73 Å². The fourth-order valence-electron chi connectivity index (χ4n) is 3.02. The number of nitriles is 2. The van der Waals surface area contributed by atoms with E-state index in [1.807, 2.05) is 44.2 Å². The van der Waals surface area contributed by atoms with Crippen LogP contribution in [0.1, 0.15) is 29.2 Å². The number of nitrogen functional groups attached to an aromatic ring is 1. The summed E-state index contributed by atoms with van der Waals surface area (Å²) in [5.41, 5.74) is 8.20. The SMILES string of the molecule is Cc1ccc(C)c(NC(=O)C(C)Sc2nc(N)c(C#N)c(-c3c([O-])on[n+]3C)c2C#N)c1. The lowest BCUT2D eigenvalue weighted by molar-refractivity contribution is -0.730. The highest BCUT2D eigenvalue weighted by atomic mass is 32.2. The van der Waals surface area contributed by atoms with Crippen LogP contribution in [0.25, 0.3) is 11.3 Å². The van der Waals surface area contributed by atoms with Gasteiger partial charge >= 0.3 is 0 Å². The zero-order chi connectivity index (χ0) is 23.6. The highest BCUT2D eigenvalue weighted by Gasteiger charge is 2.30. The molecule has 0 aliphatic heterocycles. The Hall–Kier alpha value is -4.09. The van der Waals surface area contributed by atoms with Gasteiger partial charge in [0.15, 0.2) is 13.0 Å². The van der Waals surface area contributed by atoms with E-state index in [0.29, 0.717) is 5.69 Å². The molecule has 0 spiro atoms. The normalized spacial score (nSPS) is 11.4. The molecule has 0 aliphatic carbocycles. The van der Waals surface area contributed by atoms with E-state index in [1.54, 1.807) is 6.92 Å². The number of hydrogen-bond donors (Lipinski definition) is 2. The van der Waals surface area contributed by atoms with E-state index < -0.39 is 11.2 Å². The Morgan fingerprint density at radius 2 is 2.00 bits per heavy atom. The summed E-state index contributed by atoms with van der Waals surface area (Å²) >= 11 is 0.991. The van der Waals surface area contributed by atoms with Gasteiger partial charge in [-0.25, -0.2) is 4.98 Å². The molecule has 32 heavy (non-hydrogen) atoms. The van der Waals surface area contributed by atoms with Crippen LogP contribution in [0.4, 0.5) is 11.5 Å². The number of nitrogens with zero attached hydrogens (tertiary/aromatic N) is 5. The maximum absolute atomic E-state index is 12.8. The van der Waals surface area contributed by atoms with Crippen LogP contribution in [0.2, 0.25) is 0 Å². The number of benzene rings is 1. The number of nitrogens with one attached hydrogen (secondary N) is 1. The molecular weight excluding hydrogens is 430 g/mol. The van der Waals surface area contributed by atoms with Crippen molar-refractivity contribution in [2.75, 3.05) is 11.1 Å². The van der Waals surface area contributed by atoms with Gasteiger partial charge in [-0.2, -0.15) is 10.5 Å². The highest BCUT2D eigenvalue weighted by Crippen LogP contribution is 2.38. The predicted octanol–water partition coefficient (Wildman–Crippen LogP) is 1.70. The standard InChI is InChI=1S/C21H19N7O3S/c1-10-5-6-11(2)15(7-10)25-19(29)12(3)32-20-14(9-23)16(13(8-22)18(24)26-20)17-21(30)31-27-28(17)4/h5-7,12H,1-4H3,(H3-,24,25,26,27,29,30). The van der Waals surface area contributed by atoms with Gasteiger partial charge < -0.3 is 20.7 Å². The first-order chi connectivity index (χ1) is 15.2. The maximum Gasteiger partial charge on any atom is 0.266 e. The average molecular weight is 449 g/mol. The van der Waals surface area contributed by atoms with Crippen molar-refractivity contribution in [2.24, 2.45) is 7.05 Å². The molecule has 3 N–H and O–H groups in total. The quantitative estimate of drug-likeness (QED) is 0.435. The summed E-state index contributed by atoms with van der Waals surface area (Å²) in [6.07, 6.45) is 0. The van der Waals surface area contributed by atoms with Gasteiger partial charge in [0, 0.05) is 5.69 Å². The fourth-order valence-corrected chi connectivity index (χ4v) is 3.94. The first kappa shape index (κ1) is 22.6. The van der Waals surface area contributed by atoms with Crippen LogP contribution in [0.3, 0.4) is 0 Å². The average Bonchev–Trinajstić information content (AvgIpc) is 3.07. The van der Waals surface area contributed by atoms with Crippen molar-refractivity contribution >= 4 is 29.2 Å². The Labute approximate surface area is 188 Å². The van der Waals surface area contributed by atoms with Gasteiger partial charge in [0.05, 0.1) is 21.6 Å². The summed E-state index contributed by atoms with van der Waals surface area (Å²) in [5.74, 6) is -1.31. The number of amides is 1. The third-order valence-corrected chi connectivity index (χ3v) is 5.81. The molecule has 2 heterocycles. The number of pyridine rings is 1. The summed E-state index contributed by atoms with van der Waals surface area (Å²) in [6.45, 7) is 5.46. The molecule has 0 fully saturated rings. The first-order valence-electron chi connectivity index (χ1n) is 9.39. The van der Waals surface area contributed by atoms with Crippen LogP contribution in [-0.4, -0.2) is 21.4 Å². The van der Waals surface area contributed by atoms with Crippen molar-refractivity contribution in [1.82, 2.24) is 10.3 Å². The molecule has 162 valence electrons. The molecular formula is C21H19N7O3S.